The summed E-state index contributed by atoms with van der Waals surface area (Å²) in [4.78, 5) is 9.91. The molecule has 1 rings (SSSR count). The Morgan fingerprint density at radius 1 is 1.43 bits per heavy atom. The molecule has 0 aliphatic heterocycles. The molecule has 118 valence electrons. The molecule has 0 saturated heterocycles. The monoisotopic (exact) mass is 318 g/mol. The van der Waals surface area contributed by atoms with E-state index in [4.69, 9.17) is 10.9 Å². The van der Waals surface area contributed by atoms with Crippen molar-refractivity contribution in [1.29, 1.82) is 0 Å². The molecule has 0 saturated carbocycles. The fourth-order valence-electron chi connectivity index (χ4n) is 1.89. The van der Waals surface area contributed by atoms with Crippen LogP contribution in [0.4, 0.5) is 11.4 Å². The molecule has 0 bridgehead atoms. The Balaban J connectivity index is 3.46. The van der Waals surface area contributed by atoms with Crippen LogP contribution in [0, 0.1) is 10.1 Å². The maximum Gasteiger partial charge on any atom is 0.313 e. The van der Waals surface area contributed by atoms with Gasteiger partial charge in [0.1, 0.15) is 5.69 Å². The second-order valence-corrected chi connectivity index (χ2v) is 6.09. The fraction of sp³-hybridized carbons (Fsp3) is 0.455. The van der Waals surface area contributed by atoms with Crippen LogP contribution in [0.1, 0.15) is 13.3 Å². The number of aliphatic hydroxyl groups excluding tert-OH is 1. The minimum absolute atomic E-state index is 0.0958. The highest BCUT2D eigenvalue weighted by atomic mass is 32.2. The lowest BCUT2D eigenvalue weighted by atomic mass is 10.3. The molecule has 0 unspecified atom stereocenters. The molecule has 0 aliphatic carbocycles. The van der Waals surface area contributed by atoms with Crippen molar-refractivity contribution in [2.75, 3.05) is 25.1 Å². The van der Waals surface area contributed by atoms with E-state index in [0.29, 0.717) is 6.42 Å². The van der Waals surface area contributed by atoms with Crippen molar-refractivity contribution in [3.05, 3.63) is 28.3 Å². The summed E-state index contributed by atoms with van der Waals surface area (Å²) in [5.41, 5.74) is 1.41. The highest BCUT2D eigenvalue weighted by Gasteiger charge is 2.33. The van der Waals surface area contributed by atoms with E-state index in [1.165, 1.54) is 12.1 Å². The van der Waals surface area contributed by atoms with E-state index >= 15 is 0 Å². The number of anilines is 1. The summed E-state index contributed by atoms with van der Waals surface area (Å²) in [7, 11) is -4.10. The number of nitrogens with zero attached hydrogens (tertiary/aromatic N) is 2. The van der Waals surface area contributed by atoms with Gasteiger partial charge in [0.05, 0.1) is 11.5 Å². The Hall–Kier alpha value is -1.75. The van der Waals surface area contributed by atoms with Crippen molar-refractivity contribution in [2.45, 2.75) is 18.2 Å². The predicted octanol–water partition coefficient (Wildman–Crippen LogP) is 0.273. The molecule has 1 aromatic carbocycles. The number of hydrogen-bond acceptors (Lipinski definition) is 7. The van der Waals surface area contributed by atoms with Crippen LogP contribution in [0.3, 0.4) is 0 Å². The minimum Gasteiger partial charge on any atom is -0.395 e. The van der Waals surface area contributed by atoms with Crippen LogP contribution in [0.5, 0.6) is 0 Å². The first-order chi connectivity index (χ1) is 9.89. The van der Waals surface area contributed by atoms with Gasteiger partial charge in [-0.2, -0.15) is 4.31 Å². The molecule has 0 fully saturated rings. The van der Waals surface area contributed by atoms with Gasteiger partial charge in [0.2, 0.25) is 10.0 Å². The molecule has 0 aliphatic rings. The molecule has 0 atom stereocenters. The lowest BCUT2D eigenvalue weighted by Crippen LogP contribution is -2.34. The van der Waals surface area contributed by atoms with Crippen molar-refractivity contribution >= 4 is 21.4 Å². The van der Waals surface area contributed by atoms with Gasteiger partial charge in [-0.05, 0) is 18.6 Å². The summed E-state index contributed by atoms with van der Waals surface area (Å²) in [6.07, 6.45) is 0.516. The van der Waals surface area contributed by atoms with Crippen LogP contribution in [-0.4, -0.2) is 42.4 Å². The van der Waals surface area contributed by atoms with Gasteiger partial charge >= 0.3 is 5.69 Å². The third-order valence-corrected chi connectivity index (χ3v) is 4.71. The van der Waals surface area contributed by atoms with E-state index in [1.54, 1.807) is 6.92 Å². The standard InChI is InChI=1S/C11H18N4O5S/c1-2-6-14(7-8-16)21(19,20)10-5-3-4-9(13-12)11(10)15(17)18/h3-5,13,16H,2,6-8,12H2,1H3. The van der Waals surface area contributed by atoms with Crippen LogP contribution < -0.4 is 11.3 Å². The summed E-state index contributed by atoms with van der Waals surface area (Å²) < 4.78 is 26.1. The van der Waals surface area contributed by atoms with Gasteiger partial charge in [-0.25, -0.2) is 8.42 Å². The lowest BCUT2D eigenvalue weighted by molar-refractivity contribution is -0.386. The summed E-state index contributed by atoms with van der Waals surface area (Å²) in [5, 5.41) is 20.1. The lowest BCUT2D eigenvalue weighted by Gasteiger charge is -2.20. The van der Waals surface area contributed by atoms with Gasteiger partial charge in [-0.15, -0.1) is 0 Å². The van der Waals surface area contributed by atoms with E-state index < -0.39 is 25.5 Å². The number of sulfonamides is 1. The van der Waals surface area contributed by atoms with Gasteiger partial charge in [0.25, 0.3) is 0 Å². The number of benzene rings is 1. The molecule has 4 N–H and O–H groups in total. The molecule has 0 spiro atoms. The highest BCUT2D eigenvalue weighted by molar-refractivity contribution is 7.89. The van der Waals surface area contributed by atoms with Gasteiger partial charge < -0.3 is 10.5 Å². The predicted molar refractivity (Wildman–Crippen MR) is 77.0 cm³/mol. The number of nitrogen functional groups attached to an aromatic ring is 1. The topological polar surface area (TPSA) is 139 Å². The van der Waals surface area contributed by atoms with Crippen LogP contribution in [0.2, 0.25) is 0 Å². The van der Waals surface area contributed by atoms with Crippen molar-refractivity contribution < 1.29 is 18.4 Å². The third kappa shape index (κ3) is 3.67. The van der Waals surface area contributed by atoms with Gasteiger partial charge in [0, 0.05) is 13.1 Å². The van der Waals surface area contributed by atoms with Gasteiger partial charge in [-0.3, -0.25) is 16.0 Å². The Bertz CT molecular complexity index is 599. The van der Waals surface area contributed by atoms with Crippen molar-refractivity contribution in [1.82, 2.24) is 4.31 Å². The van der Waals surface area contributed by atoms with Crippen molar-refractivity contribution in [3.8, 4) is 0 Å². The number of nitrogens with two attached hydrogens (primary N) is 1. The van der Waals surface area contributed by atoms with E-state index in [0.717, 1.165) is 10.4 Å². The smallest absolute Gasteiger partial charge is 0.313 e. The Morgan fingerprint density at radius 3 is 2.57 bits per heavy atom. The zero-order valence-electron chi connectivity index (χ0n) is 11.5. The van der Waals surface area contributed by atoms with E-state index in [2.05, 4.69) is 5.43 Å². The van der Waals surface area contributed by atoms with Crippen LogP contribution >= 0.6 is 0 Å². The normalized spacial score (nSPS) is 11.6. The largest absolute Gasteiger partial charge is 0.395 e. The first kappa shape index (κ1) is 17.3. The first-order valence-electron chi connectivity index (χ1n) is 6.25. The molecule has 0 amide bonds. The number of hydrazine groups is 1. The maximum atomic E-state index is 12.5. The second kappa shape index (κ2) is 7.31. The average Bonchev–Trinajstić information content (AvgIpc) is 2.45. The molecule has 0 aromatic heterocycles. The second-order valence-electron chi connectivity index (χ2n) is 4.18. The van der Waals surface area contributed by atoms with Crippen molar-refractivity contribution in [3.63, 3.8) is 0 Å². The van der Waals surface area contributed by atoms with Crippen LogP contribution in [0.15, 0.2) is 23.1 Å². The van der Waals surface area contributed by atoms with Crippen LogP contribution in [-0.2, 0) is 10.0 Å². The number of aliphatic hydroxyl groups is 1. The van der Waals surface area contributed by atoms with Crippen LogP contribution in [0.25, 0.3) is 0 Å². The number of rotatable bonds is 8. The van der Waals surface area contributed by atoms with Crippen molar-refractivity contribution in [2.24, 2.45) is 5.84 Å². The molecule has 0 radical (unpaired) electrons. The third-order valence-electron chi connectivity index (χ3n) is 2.78. The number of para-hydroxylation sites is 1. The number of hydrogen-bond donors (Lipinski definition) is 3. The SMILES string of the molecule is CCCN(CCO)S(=O)(=O)c1cccc(NN)c1[N+](=O)[O-]. The Kier molecular flexibility index (Phi) is 6.03. The molecular formula is C11H18N4O5S. The highest BCUT2D eigenvalue weighted by Crippen LogP contribution is 2.33. The summed E-state index contributed by atoms with van der Waals surface area (Å²) in [6, 6.07) is 3.82. The Labute approximate surface area is 122 Å². The summed E-state index contributed by atoms with van der Waals surface area (Å²) >= 11 is 0. The van der Waals surface area contributed by atoms with Gasteiger partial charge in [-0.1, -0.05) is 13.0 Å². The molecular weight excluding hydrogens is 300 g/mol. The fourth-order valence-corrected chi connectivity index (χ4v) is 3.59. The van der Waals surface area contributed by atoms with Gasteiger partial charge in [0.15, 0.2) is 4.90 Å². The number of nitro benzene ring substituents is 1. The molecule has 21 heavy (non-hydrogen) atoms. The average molecular weight is 318 g/mol. The molecule has 9 nitrogen and oxygen atoms in total. The van der Waals surface area contributed by atoms with E-state index in [9.17, 15) is 18.5 Å². The summed E-state index contributed by atoms with van der Waals surface area (Å²) in [5.74, 6) is 5.19. The Morgan fingerprint density at radius 2 is 2.10 bits per heavy atom. The number of nitro groups is 1. The zero-order chi connectivity index (χ0) is 16.0. The molecule has 0 heterocycles. The minimum atomic E-state index is -4.10. The molecule has 10 heteroatoms. The quantitative estimate of drug-likeness (QED) is 0.355. The molecule has 1 aromatic rings. The zero-order valence-corrected chi connectivity index (χ0v) is 12.3. The van der Waals surface area contributed by atoms with E-state index in [-0.39, 0.29) is 25.4 Å². The first-order valence-corrected chi connectivity index (χ1v) is 7.69. The summed E-state index contributed by atoms with van der Waals surface area (Å²) in [6.45, 7) is 1.42. The van der Waals surface area contributed by atoms with E-state index in [1.807, 2.05) is 0 Å². The number of nitrogens with one attached hydrogen (secondary N) is 1. The maximum absolute atomic E-state index is 12.5.